The Morgan fingerprint density at radius 1 is 0.463 bits per heavy atom. The first-order chi connectivity index (χ1) is 26.4. The predicted molar refractivity (Wildman–Crippen MR) is 223 cm³/mol. The van der Waals surface area contributed by atoms with Crippen molar-refractivity contribution in [2.45, 2.75) is 194 Å². The minimum Gasteiger partial charge on any atom is -0.338 e. The highest BCUT2D eigenvalue weighted by Gasteiger charge is 2.08. The Morgan fingerprint density at radius 2 is 0.759 bits per heavy atom. The molecule has 2 heterocycles. The number of nitrogens with one attached hydrogen (secondary N) is 6. The fraction of sp³-hybridized carbons (Fsp3) is 0.762. The van der Waals surface area contributed by atoms with Crippen LogP contribution in [-0.2, 0) is 12.8 Å². The Hall–Kier alpha value is -3.70. The smallest absolute Gasteiger partial charge is 0.321 e. The minimum atomic E-state index is -0.405. The van der Waals surface area contributed by atoms with Crippen LogP contribution in [-0.4, -0.2) is 45.1 Å². The van der Waals surface area contributed by atoms with Gasteiger partial charge in [0.25, 0.3) is 11.1 Å². The Balaban J connectivity index is 1.49. The number of anilines is 2. The third kappa shape index (κ3) is 25.3. The standard InChI is InChI=1S/C42H74N8O4/c1-3-5-7-9-11-13-15-17-19-21-25-29-35-33-37(51)47-39(45-35)49-41(53)43-31-27-23-24-28-32-44-42(54)50-40-46-36(34-38(52)48-40)30-26-22-20-18-16-14-12-10-8-6-4-2/h33-34H,3-32H2,1-2H3,(H3,43,45,47,49,51,53)(H3,44,46,48,50,52,54). The summed E-state index contributed by atoms with van der Waals surface area (Å²) >= 11 is 0. The number of H-pyrrole nitrogens is 2. The molecular formula is C42H74N8O4. The van der Waals surface area contributed by atoms with E-state index in [1.165, 1.54) is 128 Å². The van der Waals surface area contributed by atoms with E-state index in [9.17, 15) is 19.2 Å². The van der Waals surface area contributed by atoms with Crippen LogP contribution in [0, 0.1) is 0 Å². The molecule has 2 aromatic heterocycles. The lowest BCUT2D eigenvalue weighted by atomic mass is 10.0. The van der Waals surface area contributed by atoms with Crippen molar-refractivity contribution in [3.63, 3.8) is 0 Å². The first-order valence-electron chi connectivity index (χ1n) is 21.7. The van der Waals surface area contributed by atoms with E-state index in [0.29, 0.717) is 24.5 Å². The highest BCUT2D eigenvalue weighted by Crippen LogP contribution is 2.14. The third-order valence-corrected chi connectivity index (χ3v) is 9.80. The molecule has 0 saturated heterocycles. The molecule has 0 aliphatic rings. The number of nitrogens with zero attached hydrogens (tertiary/aromatic N) is 2. The lowest BCUT2D eigenvalue weighted by Crippen LogP contribution is -2.31. The Bertz CT molecular complexity index is 1280. The van der Waals surface area contributed by atoms with Gasteiger partial charge in [0.2, 0.25) is 11.9 Å². The van der Waals surface area contributed by atoms with E-state index < -0.39 is 12.1 Å². The van der Waals surface area contributed by atoms with Crippen LogP contribution >= 0.6 is 0 Å². The lowest BCUT2D eigenvalue weighted by Gasteiger charge is -2.09. The van der Waals surface area contributed by atoms with E-state index in [4.69, 9.17) is 0 Å². The van der Waals surface area contributed by atoms with Crippen molar-refractivity contribution in [1.82, 2.24) is 30.6 Å². The number of carbonyl (C=O) groups is 2. The van der Waals surface area contributed by atoms with E-state index in [0.717, 1.165) is 64.2 Å². The van der Waals surface area contributed by atoms with Crippen LogP contribution in [0.4, 0.5) is 21.5 Å². The summed E-state index contributed by atoms with van der Waals surface area (Å²) in [5.74, 6) is 0.329. The van der Waals surface area contributed by atoms with E-state index in [1.54, 1.807) is 0 Å². The van der Waals surface area contributed by atoms with Crippen molar-refractivity contribution in [2.75, 3.05) is 23.7 Å². The molecular weight excluding hydrogens is 681 g/mol. The molecule has 0 aliphatic carbocycles. The van der Waals surface area contributed by atoms with Gasteiger partial charge in [0.05, 0.1) is 0 Å². The minimum absolute atomic E-state index is 0.165. The second-order valence-corrected chi connectivity index (χ2v) is 14.9. The van der Waals surface area contributed by atoms with Crippen LogP contribution in [0.25, 0.3) is 0 Å². The maximum atomic E-state index is 12.4. The first kappa shape index (κ1) is 46.5. The summed E-state index contributed by atoms with van der Waals surface area (Å²) < 4.78 is 0. The molecule has 4 amide bonds. The molecule has 306 valence electrons. The number of aromatic nitrogens is 4. The molecule has 12 nitrogen and oxygen atoms in total. The van der Waals surface area contributed by atoms with Crippen LogP contribution in [0.15, 0.2) is 21.7 Å². The summed E-state index contributed by atoms with van der Waals surface area (Å²) in [5.41, 5.74) is 0.849. The topological polar surface area (TPSA) is 174 Å². The SMILES string of the molecule is CCCCCCCCCCCCCc1cc(=O)[nH]c(NC(=O)NCCCCCCNC(=O)Nc2nc(CCCCCCCCCCCCC)cc(=O)[nH]2)n1. The zero-order valence-electron chi connectivity index (χ0n) is 33.9. The number of rotatable bonds is 33. The Kier molecular flexibility index (Phi) is 27.2. The van der Waals surface area contributed by atoms with Gasteiger partial charge in [-0.15, -0.1) is 0 Å². The number of urea groups is 2. The average Bonchev–Trinajstić information content (AvgIpc) is 3.13. The van der Waals surface area contributed by atoms with Gasteiger partial charge in [-0.3, -0.25) is 30.2 Å². The second kappa shape index (κ2) is 31.6. The fourth-order valence-electron chi connectivity index (χ4n) is 6.64. The third-order valence-electron chi connectivity index (χ3n) is 9.80. The van der Waals surface area contributed by atoms with Crippen LogP contribution in [0.2, 0.25) is 0 Å². The largest absolute Gasteiger partial charge is 0.338 e. The number of unbranched alkanes of at least 4 members (excludes halogenated alkanes) is 23. The molecule has 2 rings (SSSR count). The molecule has 0 aromatic carbocycles. The van der Waals surface area contributed by atoms with E-state index in [1.807, 2.05) is 0 Å². The normalized spacial score (nSPS) is 11.1. The summed E-state index contributed by atoms with van der Waals surface area (Å²) in [7, 11) is 0. The fourth-order valence-corrected chi connectivity index (χ4v) is 6.64. The molecule has 0 atom stereocenters. The van der Waals surface area contributed by atoms with Gasteiger partial charge in [0, 0.05) is 36.6 Å². The van der Waals surface area contributed by atoms with Crippen molar-refractivity contribution >= 4 is 24.0 Å². The first-order valence-corrected chi connectivity index (χ1v) is 21.7. The molecule has 0 saturated carbocycles. The van der Waals surface area contributed by atoms with Gasteiger partial charge in [-0.25, -0.2) is 19.6 Å². The number of aryl methyl sites for hydroxylation is 2. The van der Waals surface area contributed by atoms with Crippen molar-refractivity contribution in [3.05, 3.63) is 44.2 Å². The van der Waals surface area contributed by atoms with E-state index in [-0.39, 0.29) is 23.0 Å². The van der Waals surface area contributed by atoms with Crippen LogP contribution in [0.1, 0.15) is 192 Å². The Morgan fingerprint density at radius 3 is 1.09 bits per heavy atom. The van der Waals surface area contributed by atoms with Gasteiger partial charge in [0.1, 0.15) is 0 Å². The second-order valence-electron chi connectivity index (χ2n) is 14.9. The number of carbonyl (C=O) groups excluding carboxylic acids is 2. The zero-order valence-corrected chi connectivity index (χ0v) is 33.9. The molecule has 54 heavy (non-hydrogen) atoms. The molecule has 6 N–H and O–H groups in total. The van der Waals surface area contributed by atoms with Crippen molar-refractivity contribution in [1.29, 1.82) is 0 Å². The highest BCUT2D eigenvalue weighted by molar-refractivity contribution is 5.87. The summed E-state index contributed by atoms with van der Waals surface area (Å²) in [6, 6.07) is 2.21. The molecule has 0 aliphatic heterocycles. The molecule has 0 fully saturated rings. The van der Waals surface area contributed by atoms with Crippen LogP contribution < -0.4 is 32.4 Å². The average molecular weight is 755 g/mol. The number of hydrogen-bond donors (Lipinski definition) is 6. The monoisotopic (exact) mass is 755 g/mol. The predicted octanol–water partition coefficient (Wildman–Crippen LogP) is 10.1. The van der Waals surface area contributed by atoms with Gasteiger partial charge in [0.15, 0.2) is 0 Å². The summed E-state index contributed by atoms with van der Waals surface area (Å²) in [6.45, 7) is 5.46. The van der Waals surface area contributed by atoms with Crippen molar-refractivity contribution < 1.29 is 9.59 Å². The number of hydrogen-bond acceptors (Lipinski definition) is 6. The van der Waals surface area contributed by atoms with Crippen molar-refractivity contribution in [3.8, 4) is 0 Å². The number of aromatic amines is 2. The molecule has 0 spiro atoms. The van der Waals surface area contributed by atoms with Gasteiger partial charge < -0.3 is 10.6 Å². The van der Waals surface area contributed by atoms with Crippen LogP contribution in [0.3, 0.4) is 0 Å². The summed E-state index contributed by atoms with van der Waals surface area (Å²) in [5, 5.41) is 10.9. The van der Waals surface area contributed by atoms with Crippen molar-refractivity contribution in [2.24, 2.45) is 0 Å². The Labute approximate surface area is 325 Å². The molecule has 12 heteroatoms. The van der Waals surface area contributed by atoms with Gasteiger partial charge >= 0.3 is 12.1 Å². The summed E-state index contributed by atoms with van der Waals surface area (Å²) in [4.78, 5) is 63.0. The quantitative estimate of drug-likeness (QED) is 0.0396. The lowest BCUT2D eigenvalue weighted by molar-refractivity contribution is 0.250. The maximum Gasteiger partial charge on any atom is 0.321 e. The van der Waals surface area contributed by atoms with E-state index in [2.05, 4.69) is 55.1 Å². The maximum absolute atomic E-state index is 12.4. The van der Waals surface area contributed by atoms with Gasteiger partial charge in [-0.05, 0) is 38.5 Å². The molecule has 0 radical (unpaired) electrons. The van der Waals surface area contributed by atoms with Crippen LogP contribution in [0.5, 0.6) is 0 Å². The van der Waals surface area contributed by atoms with E-state index >= 15 is 0 Å². The highest BCUT2D eigenvalue weighted by atomic mass is 16.2. The molecule has 2 aromatic rings. The zero-order chi connectivity index (χ0) is 38.9. The molecule has 0 bridgehead atoms. The van der Waals surface area contributed by atoms with Gasteiger partial charge in [-0.1, -0.05) is 155 Å². The number of amides is 4. The van der Waals surface area contributed by atoms with Gasteiger partial charge in [-0.2, -0.15) is 0 Å². The molecule has 0 unspecified atom stereocenters. The summed E-state index contributed by atoms with van der Waals surface area (Å²) in [6.07, 6.45) is 32.5.